The minimum Gasteiger partial charge on any atom is -0.508 e. The van der Waals surface area contributed by atoms with Crippen LogP contribution < -0.4 is 5.46 Å². The van der Waals surface area contributed by atoms with Crippen LogP contribution >= 0.6 is 0 Å². The molecular formula is C12H10BFO3. The van der Waals surface area contributed by atoms with Crippen molar-refractivity contribution in [1.29, 1.82) is 0 Å². The summed E-state index contributed by atoms with van der Waals surface area (Å²) in [5, 5.41) is 27.5. The molecule has 0 heterocycles. The Balaban J connectivity index is 2.41. The summed E-state index contributed by atoms with van der Waals surface area (Å²) in [7, 11) is -1.71. The highest BCUT2D eigenvalue weighted by atomic mass is 19.1. The fourth-order valence-corrected chi connectivity index (χ4v) is 1.58. The molecule has 3 nitrogen and oxygen atoms in total. The minimum absolute atomic E-state index is 0.0378. The second-order valence-electron chi connectivity index (χ2n) is 3.65. The molecule has 0 atom stereocenters. The summed E-state index contributed by atoms with van der Waals surface area (Å²) in [6.45, 7) is 0. The smallest absolute Gasteiger partial charge is 0.492 e. The van der Waals surface area contributed by atoms with Crippen molar-refractivity contribution >= 4 is 12.6 Å². The van der Waals surface area contributed by atoms with Gasteiger partial charge in [0.1, 0.15) is 11.6 Å². The third-order valence-electron chi connectivity index (χ3n) is 2.49. The van der Waals surface area contributed by atoms with E-state index in [2.05, 4.69) is 0 Å². The average molecular weight is 232 g/mol. The molecule has 0 bridgehead atoms. The molecule has 2 aromatic carbocycles. The fraction of sp³-hybridized carbons (Fsp3) is 0. The van der Waals surface area contributed by atoms with Gasteiger partial charge in [0.25, 0.3) is 0 Å². The maximum Gasteiger partial charge on any atom is 0.492 e. The normalized spacial score (nSPS) is 10.3. The predicted molar refractivity (Wildman–Crippen MR) is 63.3 cm³/mol. The maximum absolute atomic E-state index is 12.7. The van der Waals surface area contributed by atoms with Crippen molar-refractivity contribution < 1.29 is 19.5 Å². The Morgan fingerprint density at radius 3 is 2.00 bits per heavy atom. The van der Waals surface area contributed by atoms with Crippen molar-refractivity contribution in [2.45, 2.75) is 0 Å². The number of hydrogen-bond acceptors (Lipinski definition) is 3. The molecule has 2 aromatic rings. The molecule has 2 rings (SSSR count). The number of aromatic hydroxyl groups is 1. The molecular weight excluding hydrogens is 222 g/mol. The maximum atomic E-state index is 12.7. The molecule has 0 aromatic heterocycles. The lowest BCUT2D eigenvalue weighted by Gasteiger charge is -2.06. The van der Waals surface area contributed by atoms with E-state index in [1.54, 1.807) is 18.2 Å². The molecule has 0 spiro atoms. The highest BCUT2D eigenvalue weighted by molar-refractivity contribution is 6.59. The van der Waals surface area contributed by atoms with Crippen molar-refractivity contribution in [3.8, 4) is 16.9 Å². The Labute approximate surface area is 97.9 Å². The van der Waals surface area contributed by atoms with Crippen LogP contribution in [-0.2, 0) is 0 Å². The number of rotatable bonds is 2. The van der Waals surface area contributed by atoms with Crippen molar-refractivity contribution in [1.82, 2.24) is 0 Å². The average Bonchev–Trinajstić information content (AvgIpc) is 2.29. The molecule has 17 heavy (non-hydrogen) atoms. The van der Waals surface area contributed by atoms with E-state index in [1.165, 1.54) is 24.3 Å². The summed E-state index contributed by atoms with van der Waals surface area (Å²) in [4.78, 5) is 0. The van der Waals surface area contributed by atoms with Gasteiger partial charge in [0, 0.05) is 5.46 Å². The third-order valence-corrected chi connectivity index (χ3v) is 2.49. The lowest BCUT2D eigenvalue weighted by atomic mass is 9.79. The van der Waals surface area contributed by atoms with Crippen LogP contribution in [0.1, 0.15) is 0 Å². The summed E-state index contributed by atoms with van der Waals surface area (Å²) in [5.74, 6) is -0.540. The first-order valence-electron chi connectivity index (χ1n) is 5.03. The van der Waals surface area contributed by atoms with Gasteiger partial charge < -0.3 is 15.2 Å². The summed E-state index contributed by atoms with van der Waals surface area (Å²) >= 11 is 0. The second-order valence-corrected chi connectivity index (χ2v) is 3.65. The van der Waals surface area contributed by atoms with Gasteiger partial charge in [-0.2, -0.15) is 0 Å². The topological polar surface area (TPSA) is 60.7 Å². The molecule has 5 heteroatoms. The van der Waals surface area contributed by atoms with Crippen molar-refractivity contribution in [3.63, 3.8) is 0 Å². The van der Waals surface area contributed by atoms with Gasteiger partial charge in [-0.15, -0.1) is 0 Å². The Hall–Kier alpha value is -1.85. The van der Waals surface area contributed by atoms with Gasteiger partial charge in [-0.25, -0.2) is 4.39 Å². The third kappa shape index (κ3) is 2.46. The van der Waals surface area contributed by atoms with Gasteiger partial charge in [0.2, 0.25) is 0 Å². The van der Waals surface area contributed by atoms with Crippen LogP contribution in [0.25, 0.3) is 11.1 Å². The summed E-state index contributed by atoms with van der Waals surface area (Å²) < 4.78 is 12.7. The molecule has 0 aliphatic heterocycles. The Kier molecular flexibility index (Phi) is 3.13. The van der Waals surface area contributed by atoms with Crippen LogP contribution in [0, 0.1) is 5.82 Å². The van der Waals surface area contributed by atoms with Gasteiger partial charge in [0.05, 0.1) is 0 Å². The standard InChI is InChI=1S/C12H10BFO3/c14-10-4-1-8(2-5-10)9-3-6-11(13(16)17)12(15)7-9/h1-7,15-17H. The first-order chi connectivity index (χ1) is 8.08. The zero-order chi connectivity index (χ0) is 12.4. The van der Waals surface area contributed by atoms with Crippen molar-refractivity contribution in [3.05, 3.63) is 48.3 Å². The highest BCUT2D eigenvalue weighted by Gasteiger charge is 2.16. The van der Waals surface area contributed by atoms with Crippen LogP contribution in [0.5, 0.6) is 5.75 Å². The molecule has 0 aliphatic rings. The minimum atomic E-state index is -1.71. The highest BCUT2D eigenvalue weighted by Crippen LogP contribution is 2.22. The van der Waals surface area contributed by atoms with Crippen LogP contribution in [0.15, 0.2) is 42.5 Å². The van der Waals surface area contributed by atoms with Crippen LogP contribution in [-0.4, -0.2) is 22.3 Å². The van der Waals surface area contributed by atoms with E-state index in [1.807, 2.05) is 0 Å². The van der Waals surface area contributed by atoms with Crippen LogP contribution in [0.3, 0.4) is 0 Å². The van der Waals surface area contributed by atoms with Gasteiger partial charge in [-0.1, -0.05) is 24.3 Å². The number of halogens is 1. The predicted octanol–water partition coefficient (Wildman–Crippen LogP) is 0.878. The van der Waals surface area contributed by atoms with Crippen molar-refractivity contribution in [2.24, 2.45) is 0 Å². The van der Waals surface area contributed by atoms with Crippen LogP contribution in [0.4, 0.5) is 4.39 Å². The largest absolute Gasteiger partial charge is 0.508 e. The molecule has 3 N–H and O–H groups in total. The number of benzene rings is 2. The van der Waals surface area contributed by atoms with Gasteiger partial charge >= 0.3 is 7.12 Å². The quantitative estimate of drug-likeness (QED) is 0.673. The van der Waals surface area contributed by atoms with E-state index in [0.29, 0.717) is 5.56 Å². The molecule has 0 fully saturated rings. The molecule has 0 saturated heterocycles. The van der Waals surface area contributed by atoms with E-state index in [0.717, 1.165) is 5.56 Å². The zero-order valence-electron chi connectivity index (χ0n) is 8.84. The molecule has 0 aliphatic carbocycles. The van der Waals surface area contributed by atoms with Gasteiger partial charge in [0.15, 0.2) is 0 Å². The van der Waals surface area contributed by atoms with E-state index < -0.39 is 7.12 Å². The van der Waals surface area contributed by atoms with Crippen LogP contribution in [0.2, 0.25) is 0 Å². The Morgan fingerprint density at radius 1 is 0.882 bits per heavy atom. The summed E-state index contributed by atoms with van der Waals surface area (Å²) in [6, 6.07) is 10.3. The summed E-state index contributed by atoms with van der Waals surface area (Å²) in [6.07, 6.45) is 0. The SMILES string of the molecule is OB(O)c1ccc(-c2ccc(F)cc2)cc1O. The Bertz CT molecular complexity index is 526. The lowest BCUT2D eigenvalue weighted by Crippen LogP contribution is -2.29. The summed E-state index contributed by atoms with van der Waals surface area (Å²) in [5.41, 5.74) is 1.45. The number of phenolic OH excluding ortho intramolecular Hbond substituents is 1. The molecule has 0 unspecified atom stereocenters. The van der Waals surface area contributed by atoms with Crippen molar-refractivity contribution in [2.75, 3.05) is 0 Å². The fourth-order valence-electron chi connectivity index (χ4n) is 1.58. The lowest BCUT2D eigenvalue weighted by molar-refractivity contribution is 0.419. The van der Waals surface area contributed by atoms with E-state index in [-0.39, 0.29) is 17.0 Å². The van der Waals surface area contributed by atoms with E-state index in [4.69, 9.17) is 10.0 Å². The molecule has 86 valence electrons. The zero-order valence-corrected chi connectivity index (χ0v) is 8.84. The molecule has 0 saturated carbocycles. The van der Waals surface area contributed by atoms with Gasteiger partial charge in [-0.05, 0) is 29.3 Å². The molecule has 0 amide bonds. The first kappa shape index (κ1) is 11.6. The number of phenols is 1. The Morgan fingerprint density at radius 2 is 1.47 bits per heavy atom. The number of hydrogen-bond donors (Lipinski definition) is 3. The molecule has 0 radical (unpaired) electrons. The van der Waals surface area contributed by atoms with E-state index in [9.17, 15) is 9.50 Å². The van der Waals surface area contributed by atoms with E-state index >= 15 is 0 Å². The monoisotopic (exact) mass is 232 g/mol. The second kappa shape index (κ2) is 4.57. The van der Waals surface area contributed by atoms with Gasteiger partial charge in [-0.3, -0.25) is 0 Å². The first-order valence-corrected chi connectivity index (χ1v) is 5.03.